The molecule has 0 spiro atoms. The van der Waals surface area contributed by atoms with Crippen molar-refractivity contribution in [3.05, 3.63) is 29.8 Å². The molecule has 1 aromatic rings. The molecular weight excluding hydrogens is 266 g/mol. The molecule has 21 heavy (non-hydrogen) atoms. The van der Waals surface area contributed by atoms with Gasteiger partial charge in [-0.15, -0.1) is 0 Å². The summed E-state index contributed by atoms with van der Waals surface area (Å²) < 4.78 is 11.0. The number of fused-ring (bicyclic) bond motifs is 1. The minimum Gasteiger partial charge on any atom is -0.486 e. The van der Waals surface area contributed by atoms with Crippen LogP contribution in [0.1, 0.15) is 37.7 Å². The predicted octanol–water partition coefficient (Wildman–Crippen LogP) is 2.92. The van der Waals surface area contributed by atoms with Gasteiger partial charge in [-0.3, -0.25) is 4.79 Å². The Morgan fingerprint density at radius 2 is 1.86 bits per heavy atom. The predicted molar refractivity (Wildman–Crippen MR) is 81.5 cm³/mol. The van der Waals surface area contributed by atoms with Crippen molar-refractivity contribution in [3.8, 4) is 11.5 Å². The Balaban J connectivity index is 1.58. The molecule has 1 aliphatic heterocycles. The normalized spacial score (nSPS) is 18.7. The van der Waals surface area contributed by atoms with Gasteiger partial charge in [-0.2, -0.15) is 0 Å². The number of nitrogens with one attached hydrogen (secondary N) is 1. The van der Waals surface area contributed by atoms with E-state index in [1.54, 1.807) is 6.08 Å². The minimum atomic E-state index is -0.0169. The summed E-state index contributed by atoms with van der Waals surface area (Å²) in [6, 6.07) is 6.06. The van der Waals surface area contributed by atoms with Crippen LogP contribution >= 0.6 is 0 Å². The average Bonchev–Trinajstić information content (AvgIpc) is 2.54. The lowest BCUT2D eigenvalue weighted by atomic mass is 9.95. The molecule has 112 valence electrons. The third-order valence-electron chi connectivity index (χ3n) is 3.94. The van der Waals surface area contributed by atoms with Crippen LogP contribution < -0.4 is 14.8 Å². The number of hydrogen-bond acceptors (Lipinski definition) is 3. The van der Waals surface area contributed by atoms with Gasteiger partial charge < -0.3 is 14.8 Å². The van der Waals surface area contributed by atoms with Gasteiger partial charge in [0.25, 0.3) is 0 Å². The number of hydrogen-bond donors (Lipinski definition) is 1. The van der Waals surface area contributed by atoms with Crippen molar-refractivity contribution >= 4 is 12.0 Å². The van der Waals surface area contributed by atoms with Crippen LogP contribution in [0, 0.1) is 0 Å². The van der Waals surface area contributed by atoms with E-state index in [0.717, 1.165) is 29.9 Å². The number of carbonyl (C=O) groups excluding carboxylic acids is 1. The molecular formula is C17H21NO3. The number of benzene rings is 1. The highest BCUT2D eigenvalue weighted by Crippen LogP contribution is 2.31. The van der Waals surface area contributed by atoms with Gasteiger partial charge in [-0.1, -0.05) is 25.3 Å². The molecule has 1 saturated carbocycles. The zero-order valence-electron chi connectivity index (χ0n) is 12.1. The molecule has 1 N–H and O–H groups in total. The molecule has 3 rings (SSSR count). The summed E-state index contributed by atoms with van der Waals surface area (Å²) in [4.78, 5) is 11.9. The van der Waals surface area contributed by atoms with Gasteiger partial charge in [0.05, 0.1) is 0 Å². The van der Waals surface area contributed by atoms with E-state index < -0.39 is 0 Å². The molecule has 1 aromatic carbocycles. The maximum absolute atomic E-state index is 11.9. The van der Waals surface area contributed by atoms with Crippen molar-refractivity contribution in [1.82, 2.24) is 5.32 Å². The molecule has 0 unspecified atom stereocenters. The van der Waals surface area contributed by atoms with Crippen molar-refractivity contribution in [2.24, 2.45) is 0 Å². The lowest BCUT2D eigenvalue weighted by Crippen LogP contribution is -2.34. The third-order valence-corrected chi connectivity index (χ3v) is 3.94. The Kier molecular flexibility index (Phi) is 4.43. The Morgan fingerprint density at radius 3 is 2.67 bits per heavy atom. The Morgan fingerprint density at radius 1 is 1.10 bits per heavy atom. The molecule has 2 aliphatic rings. The SMILES string of the molecule is O=C(C=Cc1ccc2c(c1)OCCO2)NC1CCCCC1. The third kappa shape index (κ3) is 3.78. The Labute approximate surface area is 125 Å². The van der Waals surface area contributed by atoms with E-state index >= 15 is 0 Å². The monoisotopic (exact) mass is 287 g/mol. The first-order valence-corrected chi connectivity index (χ1v) is 7.69. The quantitative estimate of drug-likeness (QED) is 0.870. The maximum Gasteiger partial charge on any atom is 0.244 e. The topological polar surface area (TPSA) is 47.6 Å². The van der Waals surface area contributed by atoms with E-state index in [2.05, 4.69) is 5.32 Å². The second-order valence-electron chi connectivity index (χ2n) is 5.58. The van der Waals surface area contributed by atoms with E-state index in [4.69, 9.17) is 9.47 Å². The van der Waals surface area contributed by atoms with E-state index in [1.807, 2.05) is 24.3 Å². The van der Waals surface area contributed by atoms with Crippen LogP contribution in [-0.4, -0.2) is 25.2 Å². The zero-order chi connectivity index (χ0) is 14.5. The van der Waals surface area contributed by atoms with Crippen LogP contribution in [0.4, 0.5) is 0 Å². The van der Waals surface area contributed by atoms with Crippen molar-refractivity contribution in [2.45, 2.75) is 38.1 Å². The number of carbonyl (C=O) groups is 1. The molecule has 0 bridgehead atoms. The van der Waals surface area contributed by atoms with Crippen LogP contribution in [-0.2, 0) is 4.79 Å². The fraction of sp³-hybridized carbons (Fsp3) is 0.471. The number of ether oxygens (including phenoxy) is 2. The van der Waals surface area contributed by atoms with Gasteiger partial charge >= 0.3 is 0 Å². The molecule has 4 heteroatoms. The molecule has 1 amide bonds. The first-order valence-electron chi connectivity index (χ1n) is 7.69. The van der Waals surface area contributed by atoms with E-state index in [9.17, 15) is 4.79 Å². The van der Waals surface area contributed by atoms with Crippen LogP contribution in [0.2, 0.25) is 0 Å². The van der Waals surface area contributed by atoms with Crippen LogP contribution in [0.5, 0.6) is 11.5 Å². The van der Waals surface area contributed by atoms with Gasteiger partial charge in [-0.25, -0.2) is 0 Å². The lowest BCUT2D eigenvalue weighted by Gasteiger charge is -2.21. The fourth-order valence-corrected chi connectivity index (χ4v) is 2.83. The second-order valence-corrected chi connectivity index (χ2v) is 5.58. The Hall–Kier alpha value is -1.97. The smallest absolute Gasteiger partial charge is 0.244 e. The maximum atomic E-state index is 11.9. The summed E-state index contributed by atoms with van der Waals surface area (Å²) in [6.07, 6.45) is 9.34. The van der Waals surface area contributed by atoms with Crippen LogP contribution in [0.3, 0.4) is 0 Å². The van der Waals surface area contributed by atoms with Gasteiger partial charge in [0.2, 0.25) is 5.91 Å². The summed E-state index contributed by atoms with van der Waals surface area (Å²) in [6.45, 7) is 1.16. The zero-order valence-corrected chi connectivity index (χ0v) is 12.1. The lowest BCUT2D eigenvalue weighted by molar-refractivity contribution is -0.117. The Bertz CT molecular complexity index is 533. The van der Waals surface area contributed by atoms with Gasteiger partial charge in [0.15, 0.2) is 11.5 Å². The minimum absolute atomic E-state index is 0.0169. The molecule has 0 saturated heterocycles. The summed E-state index contributed by atoms with van der Waals surface area (Å²) in [5, 5.41) is 3.07. The summed E-state index contributed by atoms with van der Waals surface area (Å²) in [5.74, 6) is 1.50. The summed E-state index contributed by atoms with van der Waals surface area (Å²) in [5.41, 5.74) is 0.943. The van der Waals surface area contributed by atoms with Gasteiger partial charge in [-0.05, 0) is 36.6 Å². The average molecular weight is 287 g/mol. The fourth-order valence-electron chi connectivity index (χ4n) is 2.83. The van der Waals surface area contributed by atoms with E-state index in [1.165, 1.54) is 19.3 Å². The first-order chi connectivity index (χ1) is 10.3. The second kappa shape index (κ2) is 6.66. The highest BCUT2D eigenvalue weighted by atomic mass is 16.6. The highest BCUT2D eigenvalue weighted by Gasteiger charge is 2.14. The van der Waals surface area contributed by atoms with Crippen molar-refractivity contribution in [3.63, 3.8) is 0 Å². The van der Waals surface area contributed by atoms with Crippen molar-refractivity contribution in [1.29, 1.82) is 0 Å². The van der Waals surface area contributed by atoms with Crippen LogP contribution in [0.15, 0.2) is 24.3 Å². The van der Waals surface area contributed by atoms with Gasteiger partial charge in [0.1, 0.15) is 13.2 Å². The molecule has 1 fully saturated rings. The number of rotatable bonds is 3. The van der Waals surface area contributed by atoms with Gasteiger partial charge in [0, 0.05) is 12.1 Å². The van der Waals surface area contributed by atoms with E-state index in [-0.39, 0.29) is 5.91 Å². The molecule has 1 heterocycles. The standard InChI is InChI=1S/C17H21NO3/c19-17(18-14-4-2-1-3-5-14)9-7-13-6-8-15-16(12-13)21-11-10-20-15/h6-9,12,14H,1-5,10-11H2,(H,18,19). The van der Waals surface area contributed by atoms with Crippen LogP contribution in [0.25, 0.3) is 6.08 Å². The number of amides is 1. The van der Waals surface area contributed by atoms with Crippen molar-refractivity contribution < 1.29 is 14.3 Å². The van der Waals surface area contributed by atoms with E-state index in [0.29, 0.717) is 19.3 Å². The molecule has 1 aliphatic carbocycles. The largest absolute Gasteiger partial charge is 0.486 e. The molecule has 0 atom stereocenters. The molecule has 0 aromatic heterocycles. The molecule has 0 radical (unpaired) electrons. The summed E-state index contributed by atoms with van der Waals surface area (Å²) in [7, 11) is 0. The summed E-state index contributed by atoms with van der Waals surface area (Å²) >= 11 is 0. The first kappa shape index (κ1) is 14.0. The molecule has 4 nitrogen and oxygen atoms in total. The highest BCUT2D eigenvalue weighted by molar-refractivity contribution is 5.92. The van der Waals surface area contributed by atoms with Crippen molar-refractivity contribution in [2.75, 3.05) is 13.2 Å².